The summed E-state index contributed by atoms with van der Waals surface area (Å²) >= 11 is 0. The first-order valence-electron chi connectivity index (χ1n) is 5.85. The molecule has 0 heterocycles. The molecule has 1 nitrogen and oxygen atoms in total. The van der Waals surface area contributed by atoms with Crippen LogP contribution in [0.2, 0.25) is 0 Å². The minimum Gasteiger partial charge on any atom is -0.497 e. The Hall–Kier alpha value is -2.01. The van der Waals surface area contributed by atoms with Gasteiger partial charge in [-0.25, -0.2) is 4.39 Å². The van der Waals surface area contributed by atoms with Crippen LogP contribution < -0.4 is 4.74 Å². The van der Waals surface area contributed by atoms with Crippen molar-refractivity contribution in [3.05, 3.63) is 41.2 Å². The molecule has 0 aliphatic heterocycles. The quantitative estimate of drug-likeness (QED) is 0.721. The number of terminal acetylenes is 1. The van der Waals surface area contributed by atoms with Crippen molar-refractivity contribution >= 4 is 10.8 Å². The lowest BCUT2D eigenvalue weighted by Crippen LogP contribution is -1.96. The fourth-order valence-corrected chi connectivity index (χ4v) is 2.16. The summed E-state index contributed by atoms with van der Waals surface area (Å²) in [6.07, 6.45) is 5.44. The van der Waals surface area contributed by atoms with Gasteiger partial charge < -0.3 is 4.74 Å². The van der Waals surface area contributed by atoms with Crippen LogP contribution in [0.4, 0.5) is 4.39 Å². The van der Waals surface area contributed by atoms with Crippen molar-refractivity contribution in [2.24, 2.45) is 0 Å². The lowest BCUT2D eigenvalue weighted by molar-refractivity contribution is 0.414. The average Bonchev–Trinajstić information content (AvgIpc) is 2.37. The molecule has 0 fully saturated rings. The number of benzene rings is 2. The first-order chi connectivity index (χ1) is 8.58. The van der Waals surface area contributed by atoms with Crippen LogP contribution in [0.15, 0.2) is 24.3 Å². The first-order valence-corrected chi connectivity index (χ1v) is 5.85. The minimum absolute atomic E-state index is 0.247. The highest BCUT2D eigenvalue weighted by molar-refractivity contribution is 5.92. The molecule has 0 bridgehead atoms. The highest BCUT2D eigenvalue weighted by atomic mass is 19.1. The summed E-state index contributed by atoms with van der Waals surface area (Å²) in [4.78, 5) is 0. The SMILES string of the molecule is C#Cc1c(F)ccc2cc(OC)cc(C(C)C)c12. The van der Waals surface area contributed by atoms with Gasteiger partial charge in [0.15, 0.2) is 0 Å². The van der Waals surface area contributed by atoms with Gasteiger partial charge in [0.05, 0.1) is 12.7 Å². The third kappa shape index (κ3) is 1.93. The Morgan fingerprint density at radius 1 is 1.28 bits per heavy atom. The molecule has 0 spiro atoms. The molecule has 0 saturated carbocycles. The van der Waals surface area contributed by atoms with Crippen LogP contribution in [-0.2, 0) is 0 Å². The largest absolute Gasteiger partial charge is 0.497 e. The summed E-state index contributed by atoms with van der Waals surface area (Å²) in [5.41, 5.74) is 1.34. The van der Waals surface area contributed by atoms with Crippen molar-refractivity contribution in [3.63, 3.8) is 0 Å². The van der Waals surface area contributed by atoms with Gasteiger partial charge in [-0.2, -0.15) is 0 Å². The van der Waals surface area contributed by atoms with Crippen LogP contribution in [0.5, 0.6) is 5.75 Å². The maximum atomic E-state index is 13.8. The van der Waals surface area contributed by atoms with Crippen molar-refractivity contribution in [3.8, 4) is 18.1 Å². The number of methoxy groups -OCH3 is 1. The van der Waals surface area contributed by atoms with Crippen molar-refractivity contribution in [1.29, 1.82) is 0 Å². The van der Waals surface area contributed by atoms with Crippen molar-refractivity contribution < 1.29 is 9.13 Å². The molecule has 2 heteroatoms. The molecule has 2 rings (SSSR count). The van der Waals surface area contributed by atoms with E-state index in [1.165, 1.54) is 6.07 Å². The Balaban J connectivity index is 2.93. The van der Waals surface area contributed by atoms with E-state index in [-0.39, 0.29) is 11.7 Å². The van der Waals surface area contributed by atoms with Crippen LogP contribution in [0.1, 0.15) is 30.9 Å². The molecule has 0 aliphatic rings. The van der Waals surface area contributed by atoms with E-state index in [4.69, 9.17) is 11.2 Å². The second kappa shape index (κ2) is 4.70. The number of rotatable bonds is 2. The van der Waals surface area contributed by atoms with Gasteiger partial charge in [-0.05, 0) is 35.1 Å². The molecule has 2 aromatic carbocycles. The summed E-state index contributed by atoms with van der Waals surface area (Å²) < 4.78 is 19.0. The van der Waals surface area contributed by atoms with Gasteiger partial charge in [0.2, 0.25) is 0 Å². The molecule has 0 N–H and O–H groups in total. The number of fused-ring (bicyclic) bond motifs is 1. The summed E-state index contributed by atoms with van der Waals surface area (Å²) in [5.74, 6) is 3.12. The smallest absolute Gasteiger partial charge is 0.139 e. The molecule has 0 unspecified atom stereocenters. The fraction of sp³-hybridized carbons (Fsp3) is 0.250. The third-order valence-corrected chi connectivity index (χ3v) is 3.07. The standard InChI is InChI=1S/C16H15FO/c1-5-13-15(17)7-6-11-8-12(18-4)9-14(10(2)3)16(11)13/h1,6-10H,2-4H3. The van der Waals surface area contributed by atoms with Crippen LogP contribution in [0.25, 0.3) is 10.8 Å². The van der Waals surface area contributed by atoms with Crippen LogP contribution in [0, 0.1) is 18.2 Å². The number of hydrogen-bond donors (Lipinski definition) is 0. The van der Waals surface area contributed by atoms with E-state index in [2.05, 4.69) is 19.8 Å². The Labute approximate surface area is 107 Å². The van der Waals surface area contributed by atoms with Crippen molar-refractivity contribution in [2.75, 3.05) is 7.11 Å². The molecule has 0 saturated heterocycles. The number of halogens is 1. The van der Waals surface area contributed by atoms with E-state index in [1.54, 1.807) is 13.2 Å². The molecule has 0 aliphatic carbocycles. The summed E-state index contributed by atoms with van der Waals surface area (Å²) in [5, 5.41) is 1.72. The van der Waals surface area contributed by atoms with Crippen LogP contribution in [-0.4, -0.2) is 7.11 Å². The van der Waals surface area contributed by atoms with E-state index in [0.717, 1.165) is 22.1 Å². The van der Waals surface area contributed by atoms with Crippen molar-refractivity contribution in [1.82, 2.24) is 0 Å². The van der Waals surface area contributed by atoms with E-state index >= 15 is 0 Å². The molecular formula is C16H15FO. The zero-order valence-electron chi connectivity index (χ0n) is 10.8. The summed E-state index contributed by atoms with van der Waals surface area (Å²) in [7, 11) is 1.62. The Morgan fingerprint density at radius 3 is 2.56 bits per heavy atom. The predicted molar refractivity (Wildman–Crippen MR) is 72.5 cm³/mol. The third-order valence-electron chi connectivity index (χ3n) is 3.07. The van der Waals surface area contributed by atoms with Crippen LogP contribution in [0.3, 0.4) is 0 Å². The van der Waals surface area contributed by atoms with E-state index < -0.39 is 0 Å². The van der Waals surface area contributed by atoms with Gasteiger partial charge in [-0.15, -0.1) is 6.42 Å². The highest BCUT2D eigenvalue weighted by Gasteiger charge is 2.13. The number of hydrogen-bond acceptors (Lipinski definition) is 1. The van der Waals surface area contributed by atoms with E-state index in [1.807, 2.05) is 12.1 Å². The molecule has 92 valence electrons. The molecule has 0 aromatic heterocycles. The van der Waals surface area contributed by atoms with E-state index in [0.29, 0.717) is 5.56 Å². The van der Waals surface area contributed by atoms with Crippen LogP contribution >= 0.6 is 0 Å². The monoisotopic (exact) mass is 242 g/mol. The second-order valence-corrected chi connectivity index (χ2v) is 4.54. The zero-order valence-corrected chi connectivity index (χ0v) is 10.8. The zero-order chi connectivity index (χ0) is 13.3. The first kappa shape index (κ1) is 12.4. The molecule has 0 atom stereocenters. The predicted octanol–water partition coefficient (Wildman–Crippen LogP) is 4.09. The molecule has 2 aromatic rings. The lowest BCUT2D eigenvalue weighted by atomic mass is 9.92. The maximum Gasteiger partial charge on any atom is 0.139 e. The molecule has 18 heavy (non-hydrogen) atoms. The van der Waals surface area contributed by atoms with Gasteiger partial charge in [0.1, 0.15) is 11.6 Å². The summed E-state index contributed by atoms with van der Waals surface area (Å²) in [6.45, 7) is 4.11. The van der Waals surface area contributed by atoms with Gasteiger partial charge in [0.25, 0.3) is 0 Å². The summed E-state index contributed by atoms with van der Waals surface area (Å²) in [6, 6.07) is 6.94. The van der Waals surface area contributed by atoms with Gasteiger partial charge in [-0.1, -0.05) is 25.8 Å². The normalized spacial score (nSPS) is 10.7. The lowest BCUT2D eigenvalue weighted by Gasteiger charge is -2.14. The Kier molecular flexibility index (Phi) is 3.25. The Bertz CT molecular complexity index is 636. The highest BCUT2D eigenvalue weighted by Crippen LogP contribution is 2.33. The molecule has 0 amide bonds. The average molecular weight is 242 g/mol. The second-order valence-electron chi connectivity index (χ2n) is 4.54. The van der Waals surface area contributed by atoms with E-state index in [9.17, 15) is 4.39 Å². The van der Waals surface area contributed by atoms with Gasteiger partial charge in [0, 0.05) is 5.39 Å². The minimum atomic E-state index is -0.350. The topological polar surface area (TPSA) is 9.23 Å². The number of ether oxygens (including phenoxy) is 1. The van der Waals surface area contributed by atoms with Crippen molar-refractivity contribution in [2.45, 2.75) is 19.8 Å². The maximum absolute atomic E-state index is 13.8. The Morgan fingerprint density at radius 2 is 2.00 bits per heavy atom. The van der Waals surface area contributed by atoms with Gasteiger partial charge in [-0.3, -0.25) is 0 Å². The fourth-order valence-electron chi connectivity index (χ4n) is 2.16. The van der Waals surface area contributed by atoms with Gasteiger partial charge >= 0.3 is 0 Å². The molecular weight excluding hydrogens is 227 g/mol. The molecule has 0 radical (unpaired) electrons.